The normalized spacial score (nSPS) is 11.4. The molecule has 1 heterocycles. The van der Waals surface area contributed by atoms with Gasteiger partial charge in [0.15, 0.2) is 0 Å². The molecule has 0 spiro atoms. The Labute approximate surface area is 125 Å². The number of amides is 1. The lowest BCUT2D eigenvalue weighted by Crippen LogP contribution is -2.33. The molecule has 0 atom stereocenters. The topological polar surface area (TPSA) is 51.2 Å². The van der Waals surface area contributed by atoms with E-state index in [-0.39, 0.29) is 6.09 Å². The van der Waals surface area contributed by atoms with Gasteiger partial charge < -0.3 is 10.1 Å². The Hall–Kier alpha value is -2.10. The number of hydrogen-bond donors (Lipinski definition) is 1. The summed E-state index contributed by atoms with van der Waals surface area (Å²) in [5.41, 5.74) is 2.91. The van der Waals surface area contributed by atoms with Crippen LogP contribution in [0, 0.1) is 6.92 Å². The van der Waals surface area contributed by atoms with Crippen molar-refractivity contribution < 1.29 is 9.53 Å². The van der Waals surface area contributed by atoms with Crippen molar-refractivity contribution in [3.63, 3.8) is 0 Å². The maximum atomic E-state index is 11.6. The van der Waals surface area contributed by atoms with E-state index in [1.54, 1.807) is 6.20 Å². The van der Waals surface area contributed by atoms with Gasteiger partial charge in [0.05, 0.1) is 5.52 Å². The maximum absolute atomic E-state index is 11.6. The largest absolute Gasteiger partial charge is 0.444 e. The molecule has 21 heavy (non-hydrogen) atoms. The smallest absolute Gasteiger partial charge is 0.407 e. The van der Waals surface area contributed by atoms with E-state index in [1.807, 2.05) is 26.8 Å². The van der Waals surface area contributed by atoms with Crippen LogP contribution < -0.4 is 5.32 Å². The number of carbonyl (C=O) groups is 1. The van der Waals surface area contributed by atoms with Crippen LogP contribution in [0.5, 0.6) is 0 Å². The molecule has 112 valence electrons. The zero-order valence-corrected chi connectivity index (χ0v) is 13.1. The molecule has 4 heteroatoms. The number of benzene rings is 1. The highest BCUT2D eigenvalue weighted by Gasteiger charge is 2.15. The van der Waals surface area contributed by atoms with Crippen LogP contribution in [-0.2, 0) is 11.2 Å². The zero-order valence-electron chi connectivity index (χ0n) is 13.1. The number of nitrogens with zero attached hydrogens (tertiary/aromatic N) is 1. The van der Waals surface area contributed by atoms with Crippen LogP contribution in [0.3, 0.4) is 0 Å². The minimum atomic E-state index is -0.465. The first-order valence-electron chi connectivity index (χ1n) is 7.17. The van der Waals surface area contributed by atoms with Crippen LogP contribution in [-0.4, -0.2) is 23.2 Å². The molecule has 2 aromatic rings. The first-order chi connectivity index (χ1) is 9.87. The fourth-order valence-corrected chi connectivity index (χ4v) is 2.22. The van der Waals surface area contributed by atoms with Gasteiger partial charge in [-0.25, -0.2) is 4.79 Å². The molecule has 0 saturated heterocycles. The molecule has 0 saturated carbocycles. The number of ether oxygens (including phenoxy) is 1. The molecule has 0 aliphatic rings. The second-order valence-corrected chi connectivity index (χ2v) is 6.10. The van der Waals surface area contributed by atoms with Crippen LogP contribution in [0.4, 0.5) is 4.79 Å². The lowest BCUT2D eigenvalue weighted by Gasteiger charge is -2.19. The van der Waals surface area contributed by atoms with E-state index in [1.165, 1.54) is 11.1 Å². The Morgan fingerprint density at radius 3 is 2.76 bits per heavy atom. The molecule has 1 N–H and O–H groups in total. The van der Waals surface area contributed by atoms with Gasteiger partial charge >= 0.3 is 6.09 Å². The lowest BCUT2D eigenvalue weighted by atomic mass is 10.0. The Bertz CT molecular complexity index is 645. The van der Waals surface area contributed by atoms with E-state index in [9.17, 15) is 4.79 Å². The van der Waals surface area contributed by atoms with Crippen LogP contribution in [0.25, 0.3) is 10.9 Å². The minimum Gasteiger partial charge on any atom is -0.444 e. The Balaban J connectivity index is 1.98. The predicted octanol–water partition coefficient (Wildman–Crippen LogP) is 3.61. The number of hydrogen-bond acceptors (Lipinski definition) is 3. The van der Waals surface area contributed by atoms with Gasteiger partial charge in [0.2, 0.25) is 0 Å². The van der Waals surface area contributed by atoms with Gasteiger partial charge in [-0.3, -0.25) is 4.98 Å². The predicted molar refractivity (Wildman–Crippen MR) is 84.4 cm³/mol. The molecule has 2 rings (SSSR count). The molecular formula is C17H22N2O2. The monoisotopic (exact) mass is 286 g/mol. The summed E-state index contributed by atoms with van der Waals surface area (Å²) in [6.07, 6.45) is 2.19. The fraction of sp³-hybridized carbons (Fsp3) is 0.412. The fourth-order valence-electron chi connectivity index (χ4n) is 2.22. The van der Waals surface area contributed by atoms with E-state index in [0.29, 0.717) is 6.54 Å². The molecule has 1 amide bonds. The Morgan fingerprint density at radius 1 is 1.29 bits per heavy atom. The van der Waals surface area contributed by atoms with Gasteiger partial charge in [-0.2, -0.15) is 0 Å². The van der Waals surface area contributed by atoms with E-state index >= 15 is 0 Å². The molecule has 1 aromatic carbocycles. The zero-order chi connectivity index (χ0) is 15.5. The highest BCUT2D eigenvalue weighted by Crippen LogP contribution is 2.19. The van der Waals surface area contributed by atoms with Crippen molar-refractivity contribution in [1.29, 1.82) is 0 Å². The quantitative estimate of drug-likeness (QED) is 0.937. The maximum Gasteiger partial charge on any atom is 0.407 e. The van der Waals surface area contributed by atoms with Crippen molar-refractivity contribution in [1.82, 2.24) is 10.3 Å². The number of nitrogens with one attached hydrogen (secondary N) is 1. The van der Waals surface area contributed by atoms with Crippen molar-refractivity contribution in [2.75, 3.05) is 6.54 Å². The third-order valence-electron chi connectivity index (χ3n) is 3.20. The summed E-state index contributed by atoms with van der Waals surface area (Å²) >= 11 is 0. The average Bonchev–Trinajstić information content (AvgIpc) is 2.40. The van der Waals surface area contributed by atoms with Gasteiger partial charge in [-0.05, 0) is 51.3 Å². The number of alkyl carbamates (subject to hydrolysis) is 1. The minimum absolute atomic E-state index is 0.376. The summed E-state index contributed by atoms with van der Waals surface area (Å²) in [7, 11) is 0. The first kappa shape index (κ1) is 15.3. The summed E-state index contributed by atoms with van der Waals surface area (Å²) in [6, 6.07) is 8.15. The summed E-state index contributed by atoms with van der Waals surface area (Å²) in [5.74, 6) is 0. The standard InChI is InChI=1S/C17H22N2O2/c1-12-13(7-8-14-6-5-10-18-15(12)14)9-11-19-16(20)21-17(2,3)4/h5-8,10H,9,11H2,1-4H3,(H,19,20). The van der Waals surface area contributed by atoms with Crippen molar-refractivity contribution in [2.24, 2.45) is 0 Å². The second-order valence-electron chi connectivity index (χ2n) is 6.10. The lowest BCUT2D eigenvalue weighted by molar-refractivity contribution is 0.0528. The van der Waals surface area contributed by atoms with Crippen LogP contribution in [0.15, 0.2) is 30.5 Å². The number of pyridine rings is 1. The van der Waals surface area contributed by atoms with Crippen LogP contribution in [0.2, 0.25) is 0 Å². The van der Waals surface area contributed by atoms with Crippen molar-refractivity contribution in [2.45, 2.75) is 39.7 Å². The number of fused-ring (bicyclic) bond motifs is 1. The van der Waals surface area contributed by atoms with Crippen LogP contribution >= 0.6 is 0 Å². The Morgan fingerprint density at radius 2 is 2.05 bits per heavy atom. The number of carbonyl (C=O) groups excluding carboxylic acids is 1. The highest BCUT2D eigenvalue weighted by molar-refractivity contribution is 5.82. The van der Waals surface area contributed by atoms with Crippen molar-refractivity contribution >= 4 is 17.0 Å². The van der Waals surface area contributed by atoms with E-state index in [4.69, 9.17) is 4.74 Å². The molecule has 0 unspecified atom stereocenters. The highest BCUT2D eigenvalue weighted by atomic mass is 16.6. The summed E-state index contributed by atoms with van der Waals surface area (Å²) in [5, 5.41) is 3.92. The third-order valence-corrected chi connectivity index (χ3v) is 3.20. The average molecular weight is 286 g/mol. The first-order valence-corrected chi connectivity index (χ1v) is 7.17. The number of aromatic nitrogens is 1. The van der Waals surface area contributed by atoms with Gasteiger partial charge in [0.1, 0.15) is 5.60 Å². The summed E-state index contributed by atoms with van der Waals surface area (Å²) in [4.78, 5) is 16.0. The van der Waals surface area contributed by atoms with Crippen molar-refractivity contribution in [3.8, 4) is 0 Å². The van der Waals surface area contributed by atoms with E-state index in [2.05, 4.69) is 35.4 Å². The molecular weight excluding hydrogens is 264 g/mol. The van der Waals surface area contributed by atoms with Gasteiger partial charge in [-0.1, -0.05) is 18.2 Å². The molecule has 0 radical (unpaired) electrons. The molecule has 4 nitrogen and oxygen atoms in total. The number of rotatable bonds is 3. The molecule has 0 aliphatic heterocycles. The van der Waals surface area contributed by atoms with Gasteiger partial charge in [0, 0.05) is 18.1 Å². The second kappa shape index (κ2) is 6.12. The SMILES string of the molecule is Cc1c(CCNC(=O)OC(C)(C)C)ccc2cccnc12. The Kier molecular flexibility index (Phi) is 4.46. The van der Waals surface area contributed by atoms with Gasteiger partial charge in [-0.15, -0.1) is 0 Å². The molecule has 0 fully saturated rings. The van der Waals surface area contributed by atoms with E-state index < -0.39 is 5.60 Å². The summed E-state index contributed by atoms with van der Waals surface area (Å²) in [6.45, 7) is 8.18. The third kappa shape index (κ3) is 4.18. The van der Waals surface area contributed by atoms with E-state index in [0.717, 1.165) is 17.3 Å². The molecule has 0 bridgehead atoms. The number of aryl methyl sites for hydroxylation is 1. The van der Waals surface area contributed by atoms with Crippen molar-refractivity contribution in [3.05, 3.63) is 41.6 Å². The molecule has 0 aliphatic carbocycles. The van der Waals surface area contributed by atoms with Crippen LogP contribution in [0.1, 0.15) is 31.9 Å². The van der Waals surface area contributed by atoms with Gasteiger partial charge in [0.25, 0.3) is 0 Å². The molecule has 1 aromatic heterocycles. The summed E-state index contributed by atoms with van der Waals surface area (Å²) < 4.78 is 5.21.